The van der Waals surface area contributed by atoms with Gasteiger partial charge in [-0.05, 0) is 19.8 Å². The Morgan fingerprint density at radius 1 is 1.47 bits per heavy atom. The number of aliphatic carboxylic acids is 1. The van der Waals surface area contributed by atoms with Crippen molar-refractivity contribution in [3.63, 3.8) is 0 Å². The molecule has 0 radical (unpaired) electrons. The van der Waals surface area contributed by atoms with Crippen molar-refractivity contribution in [2.45, 2.75) is 44.6 Å². The maximum absolute atomic E-state index is 12.0. The van der Waals surface area contributed by atoms with Gasteiger partial charge >= 0.3 is 5.97 Å². The van der Waals surface area contributed by atoms with Gasteiger partial charge in [0.15, 0.2) is 0 Å². The Balaban J connectivity index is 2.86. The Bertz CT molecular complexity index is 292. The molecule has 1 saturated heterocycles. The van der Waals surface area contributed by atoms with Gasteiger partial charge in [0.2, 0.25) is 5.91 Å². The van der Waals surface area contributed by atoms with Crippen molar-refractivity contribution in [1.82, 2.24) is 4.90 Å². The molecule has 1 fully saturated rings. The number of hydrogen-bond acceptors (Lipinski definition) is 3. The predicted molar refractivity (Wildman–Crippen MR) is 62.7 cm³/mol. The van der Waals surface area contributed by atoms with Crippen LogP contribution in [-0.4, -0.2) is 47.7 Å². The molecule has 0 bridgehead atoms. The highest BCUT2D eigenvalue weighted by molar-refractivity contribution is 5.86. The molecule has 1 aliphatic rings. The van der Waals surface area contributed by atoms with Gasteiger partial charge in [0.05, 0.1) is 0 Å². The van der Waals surface area contributed by atoms with E-state index in [1.165, 1.54) is 12.0 Å². The van der Waals surface area contributed by atoms with Crippen LogP contribution < -0.4 is 0 Å². The third-order valence-corrected chi connectivity index (χ3v) is 3.42. The summed E-state index contributed by atoms with van der Waals surface area (Å²) in [5.74, 6) is -1.01. The number of carbonyl (C=O) groups is 2. The molecule has 5 nitrogen and oxygen atoms in total. The van der Waals surface area contributed by atoms with Crippen molar-refractivity contribution >= 4 is 11.9 Å². The molecule has 0 aliphatic carbocycles. The van der Waals surface area contributed by atoms with Crippen LogP contribution in [0, 0.1) is 0 Å². The Labute approximate surface area is 102 Å². The average molecular weight is 243 g/mol. The molecule has 17 heavy (non-hydrogen) atoms. The fourth-order valence-electron chi connectivity index (χ4n) is 2.16. The molecule has 0 aromatic rings. The number of nitrogens with zero attached hydrogens (tertiary/aromatic N) is 1. The summed E-state index contributed by atoms with van der Waals surface area (Å²) >= 11 is 0. The number of amides is 1. The molecule has 1 N–H and O–H groups in total. The zero-order valence-corrected chi connectivity index (χ0v) is 10.6. The van der Waals surface area contributed by atoms with Crippen molar-refractivity contribution in [3.8, 4) is 0 Å². The van der Waals surface area contributed by atoms with Gasteiger partial charge < -0.3 is 14.7 Å². The van der Waals surface area contributed by atoms with E-state index in [-0.39, 0.29) is 5.91 Å². The van der Waals surface area contributed by atoms with Crippen LogP contribution in [0.4, 0.5) is 0 Å². The molecule has 98 valence electrons. The third-order valence-electron chi connectivity index (χ3n) is 3.42. The van der Waals surface area contributed by atoms with Crippen LogP contribution in [-0.2, 0) is 14.3 Å². The van der Waals surface area contributed by atoms with E-state index in [1.54, 1.807) is 6.92 Å². The van der Waals surface area contributed by atoms with Crippen LogP contribution in [0.2, 0.25) is 0 Å². The van der Waals surface area contributed by atoms with E-state index >= 15 is 0 Å². The van der Waals surface area contributed by atoms with E-state index < -0.39 is 11.5 Å². The van der Waals surface area contributed by atoms with Crippen LogP contribution in [0.1, 0.15) is 39.0 Å². The minimum atomic E-state index is -1.14. The lowest BCUT2D eigenvalue weighted by atomic mass is 9.95. The second-order valence-electron chi connectivity index (χ2n) is 4.68. The van der Waals surface area contributed by atoms with Crippen LogP contribution in [0.5, 0.6) is 0 Å². The minimum absolute atomic E-state index is 0.0523. The van der Waals surface area contributed by atoms with E-state index in [4.69, 9.17) is 4.74 Å². The molecule has 1 atom stereocenters. The molecule has 1 aliphatic heterocycles. The van der Waals surface area contributed by atoms with Crippen LogP contribution >= 0.6 is 0 Å². The number of carboxylic acids is 1. The lowest BCUT2D eigenvalue weighted by molar-refractivity contribution is -0.159. The summed E-state index contributed by atoms with van der Waals surface area (Å²) in [6, 6.07) is 0. The molecule has 0 aromatic carbocycles. The summed E-state index contributed by atoms with van der Waals surface area (Å²) in [6.07, 6.45) is 3.50. The summed E-state index contributed by atoms with van der Waals surface area (Å²) in [5.41, 5.74) is -1.14. The molecule has 0 saturated carbocycles. The summed E-state index contributed by atoms with van der Waals surface area (Å²) in [6.45, 7) is 2.48. The quantitative estimate of drug-likeness (QED) is 0.789. The number of hydrogen-bond donors (Lipinski definition) is 1. The molecule has 0 spiro atoms. The number of methoxy groups -OCH3 is 1. The van der Waals surface area contributed by atoms with Crippen LogP contribution in [0.3, 0.4) is 0 Å². The van der Waals surface area contributed by atoms with E-state index in [2.05, 4.69) is 0 Å². The van der Waals surface area contributed by atoms with Gasteiger partial charge in [-0.3, -0.25) is 4.79 Å². The lowest BCUT2D eigenvalue weighted by Gasteiger charge is -2.37. The van der Waals surface area contributed by atoms with Gasteiger partial charge in [0, 0.05) is 33.1 Å². The summed E-state index contributed by atoms with van der Waals surface area (Å²) in [7, 11) is 1.53. The normalized spacial score (nSPS) is 20.8. The molecule has 1 rings (SSSR count). The van der Waals surface area contributed by atoms with Crippen molar-refractivity contribution in [1.29, 1.82) is 0 Å². The second-order valence-corrected chi connectivity index (χ2v) is 4.68. The zero-order valence-electron chi connectivity index (χ0n) is 10.6. The fourth-order valence-corrected chi connectivity index (χ4v) is 2.16. The maximum Gasteiger partial charge on any atom is 0.329 e. The molecular formula is C12H21NO4. The second kappa shape index (κ2) is 6.00. The Kier molecular flexibility index (Phi) is 4.93. The number of carbonyl (C=O) groups excluding carboxylic acids is 1. The highest BCUT2D eigenvalue weighted by Gasteiger charge is 2.41. The van der Waals surface area contributed by atoms with E-state index in [9.17, 15) is 14.7 Å². The highest BCUT2D eigenvalue weighted by atomic mass is 16.5. The van der Waals surface area contributed by atoms with Gasteiger partial charge in [-0.15, -0.1) is 0 Å². The third kappa shape index (κ3) is 3.19. The fraction of sp³-hybridized carbons (Fsp3) is 0.833. The first-order valence-corrected chi connectivity index (χ1v) is 6.05. The van der Waals surface area contributed by atoms with Crippen LogP contribution in [0.25, 0.3) is 0 Å². The molecular weight excluding hydrogens is 222 g/mol. The van der Waals surface area contributed by atoms with Crippen molar-refractivity contribution in [2.24, 2.45) is 0 Å². The molecule has 1 heterocycles. The van der Waals surface area contributed by atoms with E-state index in [0.29, 0.717) is 26.0 Å². The van der Waals surface area contributed by atoms with Crippen molar-refractivity contribution in [3.05, 3.63) is 0 Å². The Morgan fingerprint density at radius 2 is 2.18 bits per heavy atom. The van der Waals surface area contributed by atoms with Gasteiger partial charge in [0.25, 0.3) is 0 Å². The monoisotopic (exact) mass is 243 g/mol. The number of likely N-dealkylation sites (tertiary alicyclic amines) is 1. The first kappa shape index (κ1) is 14.0. The highest BCUT2D eigenvalue weighted by Crippen LogP contribution is 2.25. The zero-order chi connectivity index (χ0) is 12.9. The van der Waals surface area contributed by atoms with Crippen LogP contribution in [0.15, 0.2) is 0 Å². The average Bonchev–Trinajstić information content (AvgIpc) is 2.50. The molecule has 1 amide bonds. The number of carboxylic acid groups (broad SMARTS) is 1. The SMILES string of the molecule is COCCC(C)(C(=O)O)N1CCCCCC1=O. The molecule has 1 unspecified atom stereocenters. The largest absolute Gasteiger partial charge is 0.480 e. The van der Waals surface area contributed by atoms with Gasteiger partial charge in [-0.1, -0.05) is 6.42 Å². The van der Waals surface area contributed by atoms with Crippen molar-refractivity contribution < 1.29 is 19.4 Å². The predicted octanol–water partition coefficient (Wildman–Crippen LogP) is 1.27. The minimum Gasteiger partial charge on any atom is -0.480 e. The van der Waals surface area contributed by atoms with E-state index in [1.807, 2.05) is 0 Å². The smallest absolute Gasteiger partial charge is 0.329 e. The summed E-state index contributed by atoms with van der Waals surface area (Å²) in [4.78, 5) is 24.9. The van der Waals surface area contributed by atoms with E-state index in [0.717, 1.165) is 19.3 Å². The summed E-state index contributed by atoms with van der Waals surface area (Å²) in [5, 5.41) is 9.37. The first-order valence-electron chi connectivity index (χ1n) is 6.05. The topological polar surface area (TPSA) is 66.8 Å². The Morgan fingerprint density at radius 3 is 2.76 bits per heavy atom. The Hall–Kier alpha value is -1.10. The van der Waals surface area contributed by atoms with Gasteiger partial charge in [0.1, 0.15) is 5.54 Å². The maximum atomic E-state index is 12.0. The molecule has 5 heteroatoms. The number of rotatable bonds is 5. The summed E-state index contributed by atoms with van der Waals surface area (Å²) < 4.78 is 4.94. The molecule has 0 aromatic heterocycles. The standard InChI is InChI=1S/C12H21NO4/c1-12(11(15)16,7-9-17-2)13-8-5-3-4-6-10(13)14/h3-9H2,1-2H3,(H,15,16). The van der Waals surface area contributed by atoms with Gasteiger partial charge in [-0.25, -0.2) is 4.79 Å². The number of ether oxygens (including phenoxy) is 1. The lowest BCUT2D eigenvalue weighted by Crippen LogP contribution is -2.55. The first-order chi connectivity index (χ1) is 8.02. The van der Waals surface area contributed by atoms with Crippen molar-refractivity contribution in [2.75, 3.05) is 20.3 Å². The van der Waals surface area contributed by atoms with Gasteiger partial charge in [-0.2, -0.15) is 0 Å².